The van der Waals surface area contributed by atoms with Gasteiger partial charge in [-0.2, -0.15) is 0 Å². The summed E-state index contributed by atoms with van der Waals surface area (Å²) in [6.45, 7) is -0.399. The average molecular weight is 471 g/mol. The molecule has 3 saturated heterocycles. The molecular formula is C18H31O14. The number of ether oxygens (including phenoxy) is 3. The van der Waals surface area contributed by atoms with Crippen molar-refractivity contribution in [2.24, 2.45) is 0 Å². The lowest BCUT2D eigenvalue weighted by atomic mass is 9.71. The fraction of sp³-hybridized carbons (Fsp3) is 0.944. The summed E-state index contributed by atoms with van der Waals surface area (Å²) in [7, 11) is 0. The van der Waals surface area contributed by atoms with Crippen LogP contribution in [0.15, 0.2) is 0 Å². The lowest BCUT2D eigenvalue weighted by Crippen LogP contribution is -2.77. The van der Waals surface area contributed by atoms with E-state index >= 15 is 0 Å². The predicted octanol–water partition coefficient (Wildman–Crippen LogP) is -6.93. The van der Waals surface area contributed by atoms with E-state index in [0.29, 0.717) is 0 Å². The van der Waals surface area contributed by atoms with Gasteiger partial charge in [0.05, 0.1) is 19.3 Å². The van der Waals surface area contributed by atoms with Crippen molar-refractivity contribution in [3.8, 4) is 0 Å². The summed E-state index contributed by atoms with van der Waals surface area (Å²) < 4.78 is 16.3. The van der Waals surface area contributed by atoms with Crippen molar-refractivity contribution in [3.05, 3.63) is 6.10 Å². The molecule has 3 fully saturated rings. The standard InChI is InChI=1S/C18H31O14/c1-4-7(21)10(24)12(26)14(30-4)17-18(29,15(28)9(23)6(3-20)32-17)16-13(27)11(25)8(22)5(2-19)31-16/h4-16,19-29H,2-3H2,1H3/t4-,5-,6-,7-,8-,9-,10+,11+,12+,13-,14?,15+,16?,18+/m1/s1. The molecule has 14 atom stereocenters. The zero-order chi connectivity index (χ0) is 24.1. The normalized spacial score (nSPS) is 55.7. The average Bonchev–Trinajstić information content (AvgIpc) is 2.77. The van der Waals surface area contributed by atoms with Crippen molar-refractivity contribution in [2.45, 2.75) is 91.9 Å². The molecule has 3 aliphatic rings. The van der Waals surface area contributed by atoms with Crippen LogP contribution in [0.4, 0.5) is 0 Å². The Morgan fingerprint density at radius 2 is 1.25 bits per heavy atom. The Hall–Kier alpha value is -0.560. The Kier molecular flexibility index (Phi) is 7.81. The predicted molar refractivity (Wildman–Crippen MR) is 98.3 cm³/mol. The number of aliphatic hydroxyl groups is 11. The van der Waals surface area contributed by atoms with Crippen molar-refractivity contribution in [2.75, 3.05) is 13.2 Å². The van der Waals surface area contributed by atoms with E-state index in [9.17, 15) is 56.2 Å². The molecule has 0 aromatic heterocycles. The van der Waals surface area contributed by atoms with E-state index in [1.807, 2.05) is 0 Å². The van der Waals surface area contributed by atoms with Crippen LogP contribution in [0.5, 0.6) is 0 Å². The number of hydrogen-bond acceptors (Lipinski definition) is 14. The number of aliphatic hydroxyl groups excluding tert-OH is 10. The van der Waals surface area contributed by atoms with Crippen molar-refractivity contribution in [1.29, 1.82) is 0 Å². The van der Waals surface area contributed by atoms with E-state index in [0.717, 1.165) is 0 Å². The van der Waals surface area contributed by atoms with Crippen LogP contribution in [0.1, 0.15) is 6.92 Å². The maximum absolute atomic E-state index is 11.6. The highest BCUT2D eigenvalue weighted by atomic mass is 16.6. The Morgan fingerprint density at radius 3 is 1.81 bits per heavy atom. The van der Waals surface area contributed by atoms with Crippen LogP contribution >= 0.6 is 0 Å². The van der Waals surface area contributed by atoms with Gasteiger partial charge < -0.3 is 70.4 Å². The fourth-order valence-electron chi connectivity index (χ4n) is 4.42. The molecule has 3 aliphatic heterocycles. The largest absolute Gasteiger partial charge is 0.394 e. The van der Waals surface area contributed by atoms with E-state index in [4.69, 9.17) is 14.2 Å². The van der Waals surface area contributed by atoms with Gasteiger partial charge in [0.15, 0.2) is 11.7 Å². The van der Waals surface area contributed by atoms with Gasteiger partial charge in [0.1, 0.15) is 73.2 Å². The van der Waals surface area contributed by atoms with Crippen LogP contribution in [0.2, 0.25) is 0 Å². The smallest absolute Gasteiger partial charge is 0.166 e. The topological polar surface area (TPSA) is 250 Å². The van der Waals surface area contributed by atoms with Crippen LogP contribution in [-0.4, -0.2) is 154 Å². The van der Waals surface area contributed by atoms with Crippen molar-refractivity contribution in [1.82, 2.24) is 0 Å². The van der Waals surface area contributed by atoms with Gasteiger partial charge in [0.25, 0.3) is 0 Å². The monoisotopic (exact) mass is 471 g/mol. The minimum absolute atomic E-state index is 0.774. The minimum Gasteiger partial charge on any atom is -0.394 e. The van der Waals surface area contributed by atoms with E-state index in [1.165, 1.54) is 6.92 Å². The van der Waals surface area contributed by atoms with Gasteiger partial charge in [0.2, 0.25) is 0 Å². The molecule has 3 heterocycles. The van der Waals surface area contributed by atoms with Crippen LogP contribution in [-0.2, 0) is 14.2 Å². The summed E-state index contributed by atoms with van der Waals surface area (Å²) in [5.41, 5.74) is -2.95. The van der Waals surface area contributed by atoms with Gasteiger partial charge in [-0.15, -0.1) is 0 Å². The van der Waals surface area contributed by atoms with Gasteiger partial charge in [-0.05, 0) is 6.92 Å². The summed E-state index contributed by atoms with van der Waals surface area (Å²) in [6.07, 6.45) is -24.1. The van der Waals surface area contributed by atoms with Crippen LogP contribution < -0.4 is 0 Å². The molecule has 32 heavy (non-hydrogen) atoms. The Bertz CT molecular complexity index is 637. The molecule has 1 radical (unpaired) electrons. The van der Waals surface area contributed by atoms with Crippen molar-refractivity contribution >= 4 is 0 Å². The molecule has 0 bridgehead atoms. The van der Waals surface area contributed by atoms with Gasteiger partial charge >= 0.3 is 0 Å². The SMILES string of the molecule is C[C@H]1OC([C]2O[C@H](CO)[C@@H](O)[C@H](O)[C@]2(O)C2O[C@H](CO)[C@@H](O)[C@H](O)[C@H]2O)[C@@H](O)[C@@H](O)[C@@H]1O. The second-order valence-corrected chi connectivity index (χ2v) is 8.45. The van der Waals surface area contributed by atoms with Crippen LogP contribution in [0.25, 0.3) is 0 Å². The molecular weight excluding hydrogens is 440 g/mol. The molecule has 3 rings (SSSR count). The number of hydrogen-bond donors (Lipinski definition) is 11. The van der Waals surface area contributed by atoms with E-state index in [2.05, 4.69) is 0 Å². The quantitative estimate of drug-likeness (QED) is 0.182. The van der Waals surface area contributed by atoms with Gasteiger partial charge in [0, 0.05) is 0 Å². The molecule has 14 nitrogen and oxygen atoms in total. The van der Waals surface area contributed by atoms with E-state index in [-0.39, 0.29) is 0 Å². The first-order valence-corrected chi connectivity index (χ1v) is 10.1. The van der Waals surface area contributed by atoms with E-state index in [1.54, 1.807) is 0 Å². The number of rotatable bonds is 4. The first kappa shape index (κ1) is 26.1. The van der Waals surface area contributed by atoms with E-state index < -0.39 is 104 Å². The lowest BCUT2D eigenvalue weighted by molar-refractivity contribution is -0.338. The Balaban J connectivity index is 2.06. The molecule has 0 spiro atoms. The van der Waals surface area contributed by atoms with Crippen molar-refractivity contribution < 1.29 is 70.4 Å². The van der Waals surface area contributed by atoms with Crippen LogP contribution in [0.3, 0.4) is 0 Å². The molecule has 14 heteroatoms. The molecule has 0 aromatic rings. The highest BCUT2D eigenvalue weighted by molar-refractivity contribution is 5.24. The Morgan fingerprint density at radius 1 is 0.688 bits per heavy atom. The highest BCUT2D eigenvalue weighted by Gasteiger charge is 2.68. The molecule has 0 aromatic carbocycles. The third kappa shape index (κ3) is 3.97. The summed E-state index contributed by atoms with van der Waals surface area (Å²) in [5.74, 6) is 0. The second-order valence-electron chi connectivity index (χ2n) is 8.45. The summed E-state index contributed by atoms with van der Waals surface area (Å²) in [5, 5.41) is 113. The minimum atomic E-state index is -2.95. The van der Waals surface area contributed by atoms with Gasteiger partial charge in [-0.25, -0.2) is 0 Å². The summed E-state index contributed by atoms with van der Waals surface area (Å²) >= 11 is 0. The lowest BCUT2D eigenvalue weighted by Gasteiger charge is -2.57. The third-order valence-electron chi connectivity index (χ3n) is 6.44. The summed E-state index contributed by atoms with van der Waals surface area (Å²) in [6, 6.07) is 0. The van der Waals surface area contributed by atoms with Gasteiger partial charge in [-0.3, -0.25) is 0 Å². The highest BCUT2D eigenvalue weighted by Crippen LogP contribution is 2.46. The fourth-order valence-corrected chi connectivity index (χ4v) is 4.42. The zero-order valence-electron chi connectivity index (χ0n) is 17.1. The molecule has 187 valence electrons. The van der Waals surface area contributed by atoms with Crippen molar-refractivity contribution in [3.63, 3.8) is 0 Å². The molecule has 2 unspecified atom stereocenters. The second kappa shape index (κ2) is 9.59. The molecule has 0 aliphatic carbocycles. The summed E-state index contributed by atoms with van der Waals surface area (Å²) in [4.78, 5) is 0. The zero-order valence-corrected chi connectivity index (χ0v) is 17.1. The Labute approximate surface area is 182 Å². The maximum atomic E-state index is 11.6. The molecule has 11 N–H and O–H groups in total. The molecule has 0 saturated carbocycles. The molecule has 0 amide bonds. The maximum Gasteiger partial charge on any atom is 0.166 e. The third-order valence-corrected chi connectivity index (χ3v) is 6.44. The van der Waals surface area contributed by atoms with Gasteiger partial charge in [-0.1, -0.05) is 0 Å². The van der Waals surface area contributed by atoms with Crippen LogP contribution in [0, 0.1) is 6.10 Å². The first-order valence-electron chi connectivity index (χ1n) is 10.1. The first-order chi connectivity index (χ1) is 14.9.